The lowest BCUT2D eigenvalue weighted by Crippen LogP contribution is -2.52. The number of carboxylic acids is 1. The van der Waals surface area contributed by atoms with Crippen molar-refractivity contribution >= 4 is 23.8 Å². The third-order valence-electron chi connectivity index (χ3n) is 3.89. The largest absolute Gasteiger partial charge is 0.480 e. The normalized spacial score (nSPS) is 28.4. The first kappa shape index (κ1) is 14.5. The topological polar surface area (TPSA) is 69.6 Å². The van der Waals surface area contributed by atoms with E-state index in [1.54, 1.807) is 11.8 Å². The van der Waals surface area contributed by atoms with Crippen LogP contribution in [0, 0.1) is 0 Å². The molecule has 2 rings (SSSR count). The van der Waals surface area contributed by atoms with Gasteiger partial charge in [-0.05, 0) is 19.3 Å². The summed E-state index contributed by atoms with van der Waals surface area (Å²) in [5.74, 6) is -0.409. The second kappa shape index (κ2) is 6.50. The van der Waals surface area contributed by atoms with Crippen molar-refractivity contribution < 1.29 is 14.7 Å². The summed E-state index contributed by atoms with van der Waals surface area (Å²) in [4.78, 5) is 25.1. The van der Waals surface area contributed by atoms with E-state index in [9.17, 15) is 14.7 Å². The molecule has 1 aliphatic carbocycles. The van der Waals surface area contributed by atoms with Gasteiger partial charge in [-0.1, -0.05) is 26.2 Å². The van der Waals surface area contributed by atoms with Crippen LogP contribution in [-0.4, -0.2) is 45.2 Å². The summed E-state index contributed by atoms with van der Waals surface area (Å²) in [6, 6.07) is -0.659. The van der Waals surface area contributed by atoms with Gasteiger partial charge in [0.05, 0.1) is 5.37 Å². The molecule has 2 unspecified atom stereocenters. The molecule has 1 saturated carbocycles. The van der Waals surface area contributed by atoms with Crippen LogP contribution in [0.25, 0.3) is 0 Å². The Kier molecular flexibility index (Phi) is 4.96. The van der Waals surface area contributed by atoms with Crippen LogP contribution >= 0.6 is 11.8 Å². The molecule has 1 heterocycles. The zero-order valence-electron chi connectivity index (χ0n) is 11.3. The van der Waals surface area contributed by atoms with Gasteiger partial charge in [-0.3, -0.25) is 4.90 Å². The highest BCUT2D eigenvalue weighted by Crippen LogP contribution is 2.31. The van der Waals surface area contributed by atoms with E-state index in [1.807, 2.05) is 6.92 Å². The van der Waals surface area contributed by atoms with Gasteiger partial charge in [0.25, 0.3) is 0 Å². The smallest absolute Gasteiger partial charge is 0.327 e. The summed E-state index contributed by atoms with van der Waals surface area (Å²) in [6.45, 7) is 1.99. The fourth-order valence-electron chi connectivity index (χ4n) is 2.84. The summed E-state index contributed by atoms with van der Waals surface area (Å²) in [5.41, 5.74) is 0. The fourth-order valence-corrected chi connectivity index (χ4v) is 4.18. The van der Waals surface area contributed by atoms with E-state index < -0.39 is 12.0 Å². The van der Waals surface area contributed by atoms with Crippen LogP contribution in [-0.2, 0) is 4.79 Å². The molecule has 0 aromatic heterocycles. The number of nitrogens with zero attached hydrogens (tertiary/aromatic N) is 1. The molecular formula is C13H22N2O3S. The van der Waals surface area contributed by atoms with Crippen LogP contribution in [0.1, 0.15) is 45.4 Å². The van der Waals surface area contributed by atoms with E-state index in [2.05, 4.69) is 5.32 Å². The van der Waals surface area contributed by atoms with Crippen molar-refractivity contribution in [2.45, 2.75) is 62.9 Å². The number of carboxylic acid groups (broad SMARTS) is 1. The van der Waals surface area contributed by atoms with Gasteiger partial charge in [-0.25, -0.2) is 9.59 Å². The van der Waals surface area contributed by atoms with Crippen LogP contribution in [0.3, 0.4) is 0 Å². The Hall–Kier alpha value is -0.910. The molecule has 19 heavy (non-hydrogen) atoms. The number of thioether (sulfide) groups is 1. The maximum absolute atomic E-state index is 12.3. The summed E-state index contributed by atoms with van der Waals surface area (Å²) in [7, 11) is 0. The number of carbonyl (C=O) groups is 2. The molecule has 5 nitrogen and oxygen atoms in total. The first-order valence-corrected chi connectivity index (χ1v) is 8.11. The van der Waals surface area contributed by atoms with E-state index in [-0.39, 0.29) is 17.4 Å². The number of hydrogen-bond acceptors (Lipinski definition) is 3. The van der Waals surface area contributed by atoms with Crippen LogP contribution < -0.4 is 5.32 Å². The van der Waals surface area contributed by atoms with Crippen molar-refractivity contribution in [2.75, 3.05) is 5.75 Å². The number of hydrogen-bond donors (Lipinski definition) is 2. The molecule has 2 atom stereocenters. The predicted molar refractivity (Wildman–Crippen MR) is 75.2 cm³/mol. The van der Waals surface area contributed by atoms with Gasteiger partial charge in [0.1, 0.15) is 6.04 Å². The van der Waals surface area contributed by atoms with Crippen molar-refractivity contribution in [1.29, 1.82) is 0 Å². The lowest BCUT2D eigenvalue weighted by molar-refractivity contribution is -0.141. The van der Waals surface area contributed by atoms with Crippen LogP contribution in [0.5, 0.6) is 0 Å². The predicted octanol–water partition coefficient (Wildman–Crippen LogP) is 2.27. The molecule has 0 spiro atoms. The summed E-state index contributed by atoms with van der Waals surface area (Å²) in [6.07, 6.45) is 6.36. The van der Waals surface area contributed by atoms with Gasteiger partial charge in [0, 0.05) is 11.8 Å². The zero-order valence-corrected chi connectivity index (χ0v) is 12.1. The average Bonchev–Trinajstić information content (AvgIpc) is 2.83. The standard InChI is InChI=1S/C13H22N2O3S/c1-2-11-15(10(8-19-11)12(16)17)13(18)14-9-6-4-3-5-7-9/h9-11H,2-8H2,1H3,(H,14,18)(H,16,17). The number of carbonyl (C=O) groups excluding carboxylic acids is 1. The van der Waals surface area contributed by atoms with Crippen molar-refractivity contribution in [1.82, 2.24) is 10.2 Å². The molecule has 108 valence electrons. The molecular weight excluding hydrogens is 264 g/mol. The van der Waals surface area contributed by atoms with Gasteiger partial charge in [-0.15, -0.1) is 11.8 Å². The molecule has 2 amide bonds. The lowest BCUT2D eigenvalue weighted by atomic mass is 9.96. The second-order valence-electron chi connectivity index (χ2n) is 5.24. The number of nitrogens with one attached hydrogen (secondary N) is 1. The number of rotatable bonds is 3. The Labute approximate surface area is 118 Å². The molecule has 0 radical (unpaired) electrons. The van der Waals surface area contributed by atoms with Crippen molar-refractivity contribution in [2.24, 2.45) is 0 Å². The third kappa shape index (κ3) is 3.35. The minimum Gasteiger partial charge on any atom is -0.480 e. The third-order valence-corrected chi connectivity index (χ3v) is 5.35. The minimum absolute atomic E-state index is 0.00955. The highest BCUT2D eigenvalue weighted by Gasteiger charge is 2.41. The Morgan fingerprint density at radius 1 is 1.32 bits per heavy atom. The summed E-state index contributed by atoms with van der Waals surface area (Å²) < 4.78 is 0. The zero-order chi connectivity index (χ0) is 13.8. The van der Waals surface area contributed by atoms with E-state index in [1.165, 1.54) is 11.3 Å². The average molecular weight is 286 g/mol. The molecule has 2 N–H and O–H groups in total. The summed E-state index contributed by atoms with van der Waals surface area (Å²) >= 11 is 1.56. The molecule has 0 bridgehead atoms. The molecule has 1 aliphatic heterocycles. The van der Waals surface area contributed by atoms with E-state index >= 15 is 0 Å². The van der Waals surface area contributed by atoms with Gasteiger partial charge in [0.2, 0.25) is 0 Å². The second-order valence-corrected chi connectivity index (χ2v) is 6.45. The minimum atomic E-state index is -0.901. The lowest BCUT2D eigenvalue weighted by Gasteiger charge is -2.30. The Balaban J connectivity index is 1.99. The molecule has 2 fully saturated rings. The van der Waals surface area contributed by atoms with E-state index in [0.29, 0.717) is 5.75 Å². The number of aliphatic carboxylic acids is 1. The van der Waals surface area contributed by atoms with E-state index in [0.717, 1.165) is 32.1 Å². The van der Waals surface area contributed by atoms with Gasteiger partial charge >= 0.3 is 12.0 Å². The Bertz CT molecular complexity index is 345. The highest BCUT2D eigenvalue weighted by atomic mass is 32.2. The highest BCUT2D eigenvalue weighted by molar-refractivity contribution is 8.00. The molecule has 6 heteroatoms. The van der Waals surface area contributed by atoms with E-state index in [4.69, 9.17) is 0 Å². The van der Waals surface area contributed by atoms with Crippen molar-refractivity contribution in [3.63, 3.8) is 0 Å². The van der Waals surface area contributed by atoms with Gasteiger partial charge in [-0.2, -0.15) is 0 Å². The first-order valence-electron chi connectivity index (χ1n) is 7.06. The maximum Gasteiger partial charge on any atom is 0.327 e. The molecule has 2 aliphatic rings. The quantitative estimate of drug-likeness (QED) is 0.835. The summed E-state index contributed by atoms with van der Waals surface area (Å²) in [5, 5.41) is 12.2. The molecule has 0 aromatic carbocycles. The maximum atomic E-state index is 12.3. The van der Waals surface area contributed by atoms with Gasteiger partial charge < -0.3 is 10.4 Å². The van der Waals surface area contributed by atoms with Gasteiger partial charge in [0.15, 0.2) is 0 Å². The van der Waals surface area contributed by atoms with Crippen LogP contribution in [0.4, 0.5) is 4.79 Å². The number of urea groups is 1. The molecule has 1 saturated heterocycles. The SMILES string of the molecule is CCC1SCC(C(=O)O)N1C(=O)NC1CCCCC1. The first-order chi connectivity index (χ1) is 9.13. The van der Waals surface area contributed by atoms with Crippen LogP contribution in [0.2, 0.25) is 0 Å². The number of amides is 2. The Morgan fingerprint density at radius 2 is 2.00 bits per heavy atom. The van der Waals surface area contributed by atoms with Crippen LogP contribution in [0.15, 0.2) is 0 Å². The fraction of sp³-hybridized carbons (Fsp3) is 0.846. The molecule has 0 aromatic rings. The Morgan fingerprint density at radius 3 is 2.58 bits per heavy atom. The van der Waals surface area contributed by atoms with Crippen molar-refractivity contribution in [3.05, 3.63) is 0 Å². The van der Waals surface area contributed by atoms with Crippen molar-refractivity contribution in [3.8, 4) is 0 Å². The monoisotopic (exact) mass is 286 g/mol.